The van der Waals surface area contributed by atoms with Gasteiger partial charge in [-0.05, 0) is 28.6 Å². The number of rotatable bonds is 5. The van der Waals surface area contributed by atoms with E-state index in [0.29, 0.717) is 6.42 Å². The van der Waals surface area contributed by atoms with Crippen LogP contribution in [0.2, 0.25) is 0 Å². The summed E-state index contributed by atoms with van der Waals surface area (Å²) in [5.74, 6) is 0.136. The molecule has 0 N–H and O–H groups in total. The second-order valence-corrected chi connectivity index (χ2v) is 5.79. The maximum atomic E-state index is 9.07. The van der Waals surface area contributed by atoms with Crippen molar-refractivity contribution in [2.45, 2.75) is 12.3 Å². The summed E-state index contributed by atoms with van der Waals surface area (Å²) in [6.45, 7) is 4.00. The molecule has 0 radical (unpaired) electrons. The van der Waals surface area contributed by atoms with Crippen molar-refractivity contribution >= 4 is 17.0 Å². The van der Waals surface area contributed by atoms with Crippen LogP contribution >= 0.6 is 11.3 Å². The Balaban J connectivity index is 2.62. The van der Waals surface area contributed by atoms with Crippen molar-refractivity contribution in [3.8, 4) is 6.07 Å². The highest BCUT2D eigenvalue weighted by atomic mass is 32.1. The second kappa shape index (κ2) is 6.40. The van der Waals surface area contributed by atoms with Gasteiger partial charge in [0.2, 0.25) is 0 Å². The van der Waals surface area contributed by atoms with Crippen LogP contribution in [0.25, 0.3) is 0 Å². The van der Waals surface area contributed by atoms with E-state index in [4.69, 9.17) is 5.26 Å². The summed E-state index contributed by atoms with van der Waals surface area (Å²) >= 11 is 1.72. The zero-order valence-electron chi connectivity index (χ0n) is 11.8. The molecule has 0 spiro atoms. The molecule has 2 rings (SSSR count). The zero-order valence-corrected chi connectivity index (χ0v) is 12.7. The van der Waals surface area contributed by atoms with Gasteiger partial charge in [0, 0.05) is 30.6 Å². The fourth-order valence-electron chi connectivity index (χ4n) is 2.43. The standard InChI is InChI=1S/C17H18N2S/c1-4-14(16-9-6-12-20-16)17-13(10-11-18)7-5-8-15(17)19(2)3/h4-9,12,14H,1,10H2,2-3H3. The highest BCUT2D eigenvalue weighted by Crippen LogP contribution is 2.37. The first kappa shape index (κ1) is 14.4. The average Bonchev–Trinajstić information content (AvgIpc) is 2.95. The number of benzene rings is 1. The summed E-state index contributed by atoms with van der Waals surface area (Å²) in [6, 6.07) is 12.6. The van der Waals surface area contributed by atoms with E-state index in [0.717, 1.165) is 11.3 Å². The summed E-state index contributed by atoms with van der Waals surface area (Å²) in [6.07, 6.45) is 2.39. The predicted molar refractivity (Wildman–Crippen MR) is 86.4 cm³/mol. The van der Waals surface area contributed by atoms with E-state index in [1.165, 1.54) is 10.4 Å². The van der Waals surface area contributed by atoms with Gasteiger partial charge in [-0.1, -0.05) is 24.3 Å². The normalized spacial score (nSPS) is 11.7. The first-order valence-electron chi connectivity index (χ1n) is 6.51. The fraction of sp³-hybridized carbons (Fsp3) is 0.235. The van der Waals surface area contributed by atoms with Crippen molar-refractivity contribution in [3.63, 3.8) is 0 Å². The van der Waals surface area contributed by atoms with E-state index in [-0.39, 0.29) is 5.92 Å². The Morgan fingerprint density at radius 2 is 2.15 bits per heavy atom. The van der Waals surface area contributed by atoms with E-state index in [9.17, 15) is 0 Å². The lowest BCUT2D eigenvalue weighted by atomic mass is 9.89. The Labute approximate surface area is 124 Å². The van der Waals surface area contributed by atoms with E-state index in [1.807, 2.05) is 32.3 Å². The Morgan fingerprint density at radius 3 is 2.70 bits per heavy atom. The molecule has 1 unspecified atom stereocenters. The van der Waals surface area contributed by atoms with Gasteiger partial charge in [-0.3, -0.25) is 0 Å². The molecule has 1 atom stereocenters. The first-order valence-corrected chi connectivity index (χ1v) is 7.39. The molecule has 0 aliphatic carbocycles. The molecule has 0 fully saturated rings. The van der Waals surface area contributed by atoms with Crippen LogP contribution in [0.3, 0.4) is 0 Å². The SMILES string of the molecule is C=CC(c1cccs1)c1c(CC#N)cccc1N(C)C. The topological polar surface area (TPSA) is 27.0 Å². The summed E-state index contributed by atoms with van der Waals surface area (Å²) in [5, 5.41) is 11.1. The second-order valence-electron chi connectivity index (χ2n) is 4.81. The highest BCUT2D eigenvalue weighted by molar-refractivity contribution is 7.10. The number of nitriles is 1. The Bertz CT molecular complexity index is 621. The third-order valence-electron chi connectivity index (χ3n) is 3.32. The molecule has 2 aromatic rings. The quantitative estimate of drug-likeness (QED) is 0.769. The average molecular weight is 282 g/mol. The molecule has 20 heavy (non-hydrogen) atoms. The van der Waals surface area contributed by atoms with Gasteiger partial charge >= 0.3 is 0 Å². The lowest BCUT2D eigenvalue weighted by molar-refractivity contribution is 0.989. The summed E-state index contributed by atoms with van der Waals surface area (Å²) in [4.78, 5) is 3.36. The molecule has 0 saturated carbocycles. The van der Waals surface area contributed by atoms with E-state index >= 15 is 0 Å². The van der Waals surface area contributed by atoms with Crippen LogP contribution in [0.1, 0.15) is 21.9 Å². The monoisotopic (exact) mass is 282 g/mol. The van der Waals surface area contributed by atoms with Gasteiger partial charge < -0.3 is 4.90 Å². The molecular weight excluding hydrogens is 264 g/mol. The lowest BCUT2D eigenvalue weighted by Crippen LogP contribution is -2.14. The molecule has 0 amide bonds. The molecule has 102 valence electrons. The molecule has 1 aromatic heterocycles. The van der Waals surface area contributed by atoms with Crippen molar-refractivity contribution < 1.29 is 0 Å². The minimum absolute atomic E-state index is 0.136. The van der Waals surface area contributed by atoms with Crippen molar-refractivity contribution in [1.82, 2.24) is 0 Å². The molecule has 3 heteroatoms. The Kier molecular flexibility index (Phi) is 4.60. The summed E-state index contributed by atoms with van der Waals surface area (Å²) in [7, 11) is 4.06. The Morgan fingerprint density at radius 1 is 1.35 bits per heavy atom. The van der Waals surface area contributed by atoms with Gasteiger partial charge in [-0.15, -0.1) is 17.9 Å². The predicted octanol–water partition coefficient (Wildman–Crippen LogP) is 4.20. The molecular formula is C17H18N2S. The van der Waals surface area contributed by atoms with Gasteiger partial charge in [-0.25, -0.2) is 0 Å². The zero-order chi connectivity index (χ0) is 14.5. The first-order chi connectivity index (χ1) is 9.69. The molecule has 0 bridgehead atoms. The van der Waals surface area contributed by atoms with Gasteiger partial charge in [0.1, 0.15) is 0 Å². The minimum atomic E-state index is 0.136. The van der Waals surface area contributed by atoms with Crippen LogP contribution < -0.4 is 4.90 Å². The molecule has 1 heterocycles. The van der Waals surface area contributed by atoms with Crippen molar-refractivity contribution in [2.24, 2.45) is 0 Å². The van der Waals surface area contributed by atoms with Crippen LogP contribution in [0, 0.1) is 11.3 Å². The van der Waals surface area contributed by atoms with Crippen LogP contribution in [0.15, 0.2) is 48.4 Å². The van der Waals surface area contributed by atoms with Crippen LogP contribution in [0.4, 0.5) is 5.69 Å². The van der Waals surface area contributed by atoms with E-state index < -0.39 is 0 Å². The van der Waals surface area contributed by atoms with Gasteiger partial charge in [0.15, 0.2) is 0 Å². The molecule has 0 saturated heterocycles. The summed E-state index contributed by atoms with van der Waals surface area (Å²) in [5.41, 5.74) is 3.42. The Hall–Kier alpha value is -2.05. The summed E-state index contributed by atoms with van der Waals surface area (Å²) < 4.78 is 0. The van der Waals surface area contributed by atoms with Crippen LogP contribution in [0.5, 0.6) is 0 Å². The fourth-order valence-corrected chi connectivity index (χ4v) is 3.26. The third-order valence-corrected chi connectivity index (χ3v) is 4.28. The maximum Gasteiger partial charge on any atom is 0.0669 e. The maximum absolute atomic E-state index is 9.07. The van der Waals surface area contributed by atoms with Gasteiger partial charge in [0.25, 0.3) is 0 Å². The molecule has 2 nitrogen and oxygen atoms in total. The van der Waals surface area contributed by atoms with Crippen LogP contribution in [-0.4, -0.2) is 14.1 Å². The smallest absolute Gasteiger partial charge is 0.0669 e. The molecule has 0 aliphatic rings. The number of hydrogen-bond acceptors (Lipinski definition) is 3. The van der Waals surface area contributed by atoms with Crippen molar-refractivity contribution in [1.29, 1.82) is 5.26 Å². The van der Waals surface area contributed by atoms with Gasteiger partial charge in [-0.2, -0.15) is 5.26 Å². The minimum Gasteiger partial charge on any atom is -0.377 e. The molecule has 0 aliphatic heterocycles. The van der Waals surface area contributed by atoms with Gasteiger partial charge in [0.05, 0.1) is 12.5 Å². The molecule has 1 aromatic carbocycles. The number of nitrogens with zero attached hydrogens (tertiary/aromatic N) is 2. The number of allylic oxidation sites excluding steroid dienone is 1. The third kappa shape index (κ3) is 2.76. The van der Waals surface area contributed by atoms with Crippen molar-refractivity contribution in [2.75, 3.05) is 19.0 Å². The number of thiophene rings is 1. The highest BCUT2D eigenvalue weighted by Gasteiger charge is 2.20. The lowest BCUT2D eigenvalue weighted by Gasteiger charge is -2.24. The number of anilines is 1. The van der Waals surface area contributed by atoms with E-state index in [1.54, 1.807) is 11.3 Å². The van der Waals surface area contributed by atoms with Crippen LogP contribution in [-0.2, 0) is 6.42 Å². The van der Waals surface area contributed by atoms with Crippen molar-refractivity contribution in [3.05, 3.63) is 64.4 Å². The largest absolute Gasteiger partial charge is 0.377 e. The van der Waals surface area contributed by atoms with E-state index in [2.05, 4.69) is 41.1 Å². The number of hydrogen-bond donors (Lipinski definition) is 0.